The van der Waals surface area contributed by atoms with Crippen molar-refractivity contribution >= 4 is 44.9 Å². The zero-order chi connectivity index (χ0) is 18.8. The number of hydrogen-bond acceptors (Lipinski definition) is 5. The van der Waals surface area contributed by atoms with Crippen LogP contribution < -0.4 is 10.1 Å². The van der Waals surface area contributed by atoms with E-state index in [1.54, 1.807) is 24.3 Å². The summed E-state index contributed by atoms with van der Waals surface area (Å²) >= 11 is 1.65. The van der Waals surface area contributed by atoms with Crippen molar-refractivity contribution in [2.45, 2.75) is 11.4 Å². The average Bonchev–Trinajstić information content (AvgIpc) is 2.64. The van der Waals surface area contributed by atoms with E-state index in [-0.39, 0.29) is 23.4 Å². The number of aliphatic carboxylic acids is 1. The lowest BCUT2D eigenvalue weighted by molar-refractivity contribution is -0.151. The highest BCUT2D eigenvalue weighted by molar-refractivity contribution is 9.09. The van der Waals surface area contributed by atoms with Gasteiger partial charge < -0.3 is 19.7 Å². The maximum absolute atomic E-state index is 12.4. The molecule has 1 saturated heterocycles. The first-order valence-electron chi connectivity index (χ1n) is 7.62. The number of fused-ring (bicyclic) bond motifs is 1. The number of rotatable bonds is 6. The maximum atomic E-state index is 12.4. The second kappa shape index (κ2) is 7.68. The standard InChI is InChI=1S/C16H15BrN2O6S/c17-6-9-8-26(24)15-12(14(21)19(15)13(9)16(22)23)18-11(20)7-25-10-4-2-1-3-5-10/h1-5,12,15H,6-8H2,(H,18,20)(H,22,23)/t12-,15-,26+/m1/s1. The van der Waals surface area contributed by atoms with Gasteiger partial charge in [-0.1, -0.05) is 34.1 Å². The van der Waals surface area contributed by atoms with Crippen molar-refractivity contribution < 1.29 is 28.8 Å². The molecule has 26 heavy (non-hydrogen) atoms. The predicted octanol–water partition coefficient (Wildman–Crippen LogP) is 0.214. The number of carboxylic acids is 1. The number of carbonyl (C=O) groups excluding carboxylic acids is 2. The van der Waals surface area contributed by atoms with Gasteiger partial charge in [-0.05, 0) is 23.3 Å². The Bertz CT molecular complexity index is 771. The Balaban J connectivity index is 1.66. The fraction of sp³-hybridized carbons (Fsp3) is 0.312. The molecule has 1 fully saturated rings. The van der Waals surface area contributed by atoms with E-state index < -0.39 is 40.4 Å². The maximum Gasteiger partial charge on any atom is 0.352 e. The van der Waals surface area contributed by atoms with Crippen molar-refractivity contribution in [1.82, 2.24) is 10.2 Å². The van der Waals surface area contributed by atoms with Gasteiger partial charge in [0.1, 0.15) is 17.2 Å². The summed E-state index contributed by atoms with van der Waals surface area (Å²) in [5.41, 5.74) is 0.222. The third-order valence-electron chi connectivity index (χ3n) is 4.00. The van der Waals surface area contributed by atoms with Crippen LogP contribution in [0.4, 0.5) is 0 Å². The van der Waals surface area contributed by atoms with Gasteiger partial charge in [-0.25, -0.2) is 4.79 Å². The molecule has 1 aromatic carbocycles. The van der Waals surface area contributed by atoms with E-state index in [9.17, 15) is 24.0 Å². The van der Waals surface area contributed by atoms with Crippen LogP contribution >= 0.6 is 15.9 Å². The van der Waals surface area contributed by atoms with Gasteiger partial charge in [0.15, 0.2) is 12.6 Å². The van der Waals surface area contributed by atoms with Gasteiger partial charge in [0.05, 0.1) is 0 Å². The number of carboxylic acid groups (broad SMARTS) is 1. The van der Waals surface area contributed by atoms with E-state index in [0.717, 1.165) is 4.90 Å². The Morgan fingerprint density at radius 3 is 2.69 bits per heavy atom. The summed E-state index contributed by atoms with van der Waals surface area (Å²) in [6.07, 6.45) is 0. The molecule has 3 atom stereocenters. The van der Waals surface area contributed by atoms with Gasteiger partial charge in [0, 0.05) is 10.9 Å². The van der Waals surface area contributed by atoms with Gasteiger partial charge in [-0.3, -0.25) is 14.5 Å². The second-order valence-electron chi connectivity index (χ2n) is 5.66. The van der Waals surface area contributed by atoms with Crippen LogP contribution in [0.25, 0.3) is 0 Å². The van der Waals surface area contributed by atoms with Crippen LogP contribution in [0, 0.1) is 0 Å². The van der Waals surface area contributed by atoms with Crippen LogP contribution in [0.2, 0.25) is 0 Å². The highest BCUT2D eigenvalue weighted by Crippen LogP contribution is 2.37. The third-order valence-corrected chi connectivity index (χ3v) is 6.33. The van der Waals surface area contributed by atoms with Crippen LogP contribution in [0.3, 0.4) is 0 Å². The summed E-state index contributed by atoms with van der Waals surface area (Å²) in [6, 6.07) is 7.67. The van der Waals surface area contributed by atoms with E-state index in [1.807, 2.05) is 6.07 Å². The highest BCUT2D eigenvalue weighted by Gasteiger charge is 2.60. The molecular weight excluding hydrogens is 428 g/mol. The lowest BCUT2D eigenvalue weighted by atomic mass is 10.0. The Morgan fingerprint density at radius 2 is 2.08 bits per heavy atom. The topological polar surface area (TPSA) is 119 Å². The highest BCUT2D eigenvalue weighted by atomic mass is 79.9. The minimum Gasteiger partial charge on any atom is -0.614 e. The number of β-lactam (4-membered cyclic amide) rings is 1. The molecule has 3 rings (SSSR count). The predicted molar refractivity (Wildman–Crippen MR) is 96.0 cm³/mol. The Labute approximate surface area is 160 Å². The fourth-order valence-corrected chi connectivity index (χ4v) is 5.25. The zero-order valence-corrected chi connectivity index (χ0v) is 15.8. The van der Waals surface area contributed by atoms with Gasteiger partial charge in [0.2, 0.25) is 5.37 Å². The van der Waals surface area contributed by atoms with Crippen molar-refractivity contribution in [3.05, 3.63) is 41.6 Å². The van der Waals surface area contributed by atoms with Gasteiger partial charge in [-0.15, -0.1) is 0 Å². The summed E-state index contributed by atoms with van der Waals surface area (Å²) in [6.45, 7) is -0.304. The summed E-state index contributed by atoms with van der Waals surface area (Å²) in [5.74, 6) is -1.85. The number of amides is 2. The number of benzene rings is 1. The number of carbonyl (C=O) groups is 3. The minimum absolute atomic E-state index is 0.0359. The zero-order valence-electron chi connectivity index (χ0n) is 13.4. The molecule has 0 aliphatic carbocycles. The van der Waals surface area contributed by atoms with Gasteiger partial charge in [-0.2, -0.15) is 0 Å². The van der Waals surface area contributed by atoms with Crippen molar-refractivity contribution in [3.63, 3.8) is 0 Å². The molecular formula is C16H15BrN2O6S. The summed E-state index contributed by atoms with van der Waals surface area (Å²) in [5, 5.41) is 11.2. The molecule has 2 aliphatic heterocycles. The van der Waals surface area contributed by atoms with E-state index in [0.29, 0.717) is 11.3 Å². The lowest BCUT2D eigenvalue weighted by Crippen LogP contribution is -2.75. The smallest absolute Gasteiger partial charge is 0.352 e. The SMILES string of the molecule is O=C(COc1ccccc1)N[C@@H]1C(=O)N2C(C(=O)O)=C(CBr)C[S@+]([O-])[C@H]12. The number of halogens is 1. The van der Waals surface area contributed by atoms with E-state index in [1.165, 1.54) is 0 Å². The molecule has 2 heterocycles. The molecule has 2 aliphatic rings. The normalized spacial score (nSPS) is 24.6. The molecule has 0 saturated carbocycles. The van der Waals surface area contributed by atoms with Gasteiger partial charge in [0.25, 0.3) is 11.8 Å². The molecule has 10 heteroatoms. The number of ether oxygens (including phenoxy) is 1. The second-order valence-corrected chi connectivity index (χ2v) is 7.76. The van der Waals surface area contributed by atoms with Crippen LogP contribution in [-0.2, 0) is 25.6 Å². The number of para-hydroxylation sites is 1. The molecule has 0 spiro atoms. The average molecular weight is 443 g/mol. The Morgan fingerprint density at radius 1 is 1.38 bits per heavy atom. The number of nitrogens with one attached hydrogen (secondary N) is 1. The summed E-state index contributed by atoms with van der Waals surface area (Å²) in [4.78, 5) is 36.9. The Kier molecular flexibility index (Phi) is 5.54. The Hall–Kier alpha value is -2.04. The summed E-state index contributed by atoms with van der Waals surface area (Å²) in [7, 11) is 0. The molecule has 0 bridgehead atoms. The minimum atomic E-state index is -1.50. The quantitative estimate of drug-likeness (QED) is 0.369. The first-order valence-corrected chi connectivity index (χ1v) is 10.1. The van der Waals surface area contributed by atoms with Crippen LogP contribution in [0.1, 0.15) is 0 Å². The van der Waals surface area contributed by atoms with E-state index in [2.05, 4.69) is 21.2 Å². The van der Waals surface area contributed by atoms with Crippen molar-refractivity contribution in [3.8, 4) is 5.75 Å². The summed E-state index contributed by atoms with van der Waals surface area (Å²) < 4.78 is 17.7. The van der Waals surface area contributed by atoms with Crippen molar-refractivity contribution in [1.29, 1.82) is 0 Å². The van der Waals surface area contributed by atoms with Crippen molar-refractivity contribution in [2.24, 2.45) is 0 Å². The third kappa shape index (κ3) is 3.44. The number of nitrogens with zero attached hydrogens (tertiary/aromatic N) is 1. The number of hydrogen-bond donors (Lipinski definition) is 2. The van der Waals surface area contributed by atoms with Crippen LogP contribution in [0.15, 0.2) is 41.6 Å². The largest absolute Gasteiger partial charge is 0.614 e. The van der Waals surface area contributed by atoms with Crippen LogP contribution in [0.5, 0.6) is 5.75 Å². The van der Waals surface area contributed by atoms with E-state index in [4.69, 9.17) is 4.74 Å². The van der Waals surface area contributed by atoms with E-state index >= 15 is 0 Å². The molecule has 0 radical (unpaired) electrons. The monoisotopic (exact) mass is 442 g/mol. The molecule has 8 nitrogen and oxygen atoms in total. The molecule has 1 aromatic rings. The number of alkyl halides is 1. The van der Waals surface area contributed by atoms with Crippen molar-refractivity contribution in [2.75, 3.05) is 17.7 Å². The van der Waals surface area contributed by atoms with Crippen LogP contribution in [-0.4, -0.2) is 61.4 Å². The first-order chi connectivity index (χ1) is 12.4. The first kappa shape index (κ1) is 18.7. The molecule has 0 aromatic heterocycles. The lowest BCUT2D eigenvalue weighted by Gasteiger charge is -2.48. The molecule has 2 amide bonds. The fourth-order valence-electron chi connectivity index (χ4n) is 2.84. The molecule has 0 unspecified atom stereocenters. The molecule has 138 valence electrons. The molecule has 2 N–H and O–H groups in total. The van der Waals surface area contributed by atoms with Gasteiger partial charge >= 0.3 is 5.97 Å².